The summed E-state index contributed by atoms with van der Waals surface area (Å²) >= 11 is 0. The van der Waals surface area contributed by atoms with Crippen molar-refractivity contribution < 1.29 is 4.39 Å². The third-order valence-electron chi connectivity index (χ3n) is 4.55. The predicted molar refractivity (Wildman–Crippen MR) is 88.6 cm³/mol. The summed E-state index contributed by atoms with van der Waals surface area (Å²) in [6.07, 6.45) is 8.01. The molecular weight excluding hydrogens is 305 g/mol. The number of aryl methyl sites for hydroxylation is 2. The number of nitrogens with zero attached hydrogens (tertiary/aromatic N) is 5. The van der Waals surface area contributed by atoms with Crippen molar-refractivity contribution in [2.24, 2.45) is 0 Å². The molecule has 1 fully saturated rings. The van der Waals surface area contributed by atoms with Crippen LogP contribution >= 0.6 is 0 Å². The van der Waals surface area contributed by atoms with Gasteiger partial charge in [-0.05, 0) is 44.4 Å². The molecule has 4 heterocycles. The predicted octanol–water partition coefficient (Wildman–Crippen LogP) is 3.68. The zero-order valence-corrected chi connectivity index (χ0v) is 13.5. The molecule has 4 aromatic rings. The number of imidazole rings is 2. The van der Waals surface area contributed by atoms with Gasteiger partial charge in [0.15, 0.2) is 17.1 Å². The van der Waals surface area contributed by atoms with E-state index in [0.29, 0.717) is 11.6 Å². The molecule has 24 heavy (non-hydrogen) atoms. The minimum Gasteiger partial charge on any atom is -0.304 e. The molecule has 6 heteroatoms. The van der Waals surface area contributed by atoms with Gasteiger partial charge in [0.05, 0.1) is 23.3 Å². The fraction of sp³-hybridized carbons (Fsp3) is 0.278. The maximum Gasteiger partial charge on any atom is 0.173 e. The Kier molecular flexibility index (Phi) is 2.63. The number of hydrogen-bond donors (Lipinski definition) is 0. The van der Waals surface area contributed by atoms with Crippen LogP contribution in [0.3, 0.4) is 0 Å². The molecule has 4 aromatic heterocycles. The van der Waals surface area contributed by atoms with Gasteiger partial charge in [0.2, 0.25) is 0 Å². The van der Waals surface area contributed by atoms with Crippen LogP contribution in [0.25, 0.3) is 22.6 Å². The Balaban J connectivity index is 1.70. The number of halogens is 1. The zero-order chi connectivity index (χ0) is 16.4. The molecule has 0 amide bonds. The van der Waals surface area contributed by atoms with Crippen LogP contribution in [0.1, 0.15) is 35.7 Å². The fourth-order valence-corrected chi connectivity index (χ4v) is 3.18. The van der Waals surface area contributed by atoms with Crippen LogP contribution in [0, 0.1) is 19.7 Å². The first kappa shape index (κ1) is 13.7. The maximum atomic E-state index is 14.5. The van der Waals surface area contributed by atoms with E-state index >= 15 is 0 Å². The second-order valence-corrected chi connectivity index (χ2v) is 6.61. The highest BCUT2D eigenvalue weighted by Crippen LogP contribution is 2.39. The second-order valence-electron chi connectivity index (χ2n) is 6.61. The van der Waals surface area contributed by atoms with Gasteiger partial charge >= 0.3 is 0 Å². The molecule has 0 aliphatic heterocycles. The molecule has 1 aliphatic carbocycles. The zero-order valence-electron chi connectivity index (χ0n) is 13.5. The molecule has 0 saturated heterocycles. The highest BCUT2D eigenvalue weighted by Gasteiger charge is 2.26. The highest BCUT2D eigenvalue weighted by molar-refractivity contribution is 5.64. The van der Waals surface area contributed by atoms with E-state index in [1.54, 1.807) is 8.92 Å². The van der Waals surface area contributed by atoms with Crippen molar-refractivity contribution in [1.82, 2.24) is 24.0 Å². The van der Waals surface area contributed by atoms with Crippen LogP contribution in [0.2, 0.25) is 0 Å². The van der Waals surface area contributed by atoms with Gasteiger partial charge in [-0.25, -0.2) is 18.9 Å². The average Bonchev–Trinajstić information content (AvgIpc) is 3.18. The molecule has 0 unspecified atom stereocenters. The van der Waals surface area contributed by atoms with Gasteiger partial charge in [0.25, 0.3) is 0 Å². The molecular formula is C18H16FN5. The molecule has 1 aliphatic rings. The van der Waals surface area contributed by atoms with Crippen molar-refractivity contribution in [3.63, 3.8) is 0 Å². The third-order valence-corrected chi connectivity index (χ3v) is 4.55. The summed E-state index contributed by atoms with van der Waals surface area (Å²) in [4.78, 5) is 8.89. The number of hydrogen-bond acceptors (Lipinski definition) is 3. The van der Waals surface area contributed by atoms with E-state index < -0.39 is 0 Å². The lowest BCUT2D eigenvalue weighted by atomic mass is 10.1. The molecule has 0 aromatic carbocycles. The number of pyridine rings is 1. The minimum absolute atomic E-state index is 0.319. The number of rotatable bonds is 2. The van der Waals surface area contributed by atoms with Gasteiger partial charge in [-0.15, -0.1) is 0 Å². The van der Waals surface area contributed by atoms with Gasteiger partial charge in [-0.2, -0.15) is 5.10 Å². The van der Waals surface area contributed by atoms with Crippen molar-refractivity contribution >= 4 is 11.3 Å². The SMILES string of the molecule is Cc1cn2nc(-c3cc(F)c4nc(C5CC5)cn4c3)cc(C)c2n1. The molecule has 1 saturated carbocycles. The van der Waals surface area contributed by atoms with Crippen molar-refractivity contribution in [1.29, 1.82) is 0 Å². The number of aromatic nitrogens is 5. The van der Waals surface area contributed by atoms with Crippen LogP contribution in [0.15, 0.2) is 30.7 Å². The van der Waals surface area contributed by atoms with Gasteiger partial charge < -0.3 is 4.40 Å². The van der Waals surface area contributed by atoms with E-state index in [2.05, 4.69) is 15.1 Å². The summed E-state index contributed by atoms with van der Waals surface area (Å²) in [6, 6.07) is 3.46. The second kappa shape index (κ2) is 4.63. The largest absolute Gasteiger partial charge is 0.304 e. The Morgan fingerprint density at radius 2 is 1.88 bits per heavy atom. The van der Waals surface area contributed by atoms with Crippen LogP contribution in [-0.2, 0) is 0 Å². The molecule has 5 nitrogen and oxygen atoms in total. The lowest BCUT2D eigenvalue weighted by molar-refractivity contribution is 0.630. The first-order valence-corrected chi connectivity index (χ1v) is 8.10. The summed E-state index contributed by atoms with van der Waals surface area (Å²) in [5, 5.41) is 4.58. The lowest BCUT2D eigenvalue weighted by Gasteiger charge is -2.06. The molecule has 0 spiro atoms. The molecule has 0 N–H and O–H groups in total. The lowest BCUT2D eigenvalue weighted by Crippen LogP contribution is -1.98. The summed E-state index contributed by atoms with van der Waals surface area (Å²) < 4.78 is 18.0. The van der Waals surface area contributed by atoms with Crippen LogP contribution < -0.4 is 0 Å². The Labute approximate surface area is 137 Å². The van der Waals surface area contributed by atoms with Crippen molar-refractivity contribution in [3.8, 4) is 11.3 Å². The van der Waals surface area contributed by atoms with Gasteiger partial charge in [-0.3, -0.25) is 0 Å². The molecule has 5 rings (SSSR count). The Bertz CT molecular complexity index is 1100. The normalized spacial score (nSPS) is 14.8. The van der Waals surface area contributed by atoms with E-state index in [1.165, 1.54) is 6.07 Å². The quantitative estimate of drug-likeness (QED) is 0.566. The van der Waals surface area contributed by atoms with E-state index in [4.69, 9.17) is 0 Å². The molecule has 0 bridgehead atoms. The first-order chi connectivity index (χ1) is 11.6. The maximum absolute atomic E-state index is 14.5. The van der Waals surface area contributed by atoms with Gasteiger partial charge in [-0.1, -0.05) is 0 Å². The van der Waals surface area contributed by atoms with E-state index in [9.17, 15) is 4.39 Å². The smallest absolute Gasteiger partial charge is 0.173 e. The van der Waals surface area contributed by atoms with E-state index in [0.717, 1.165) is 46.7 Å². The highest BCUT2D eigenvalue weighted by atomic mass is 19.1. The Morgan fingerprint density at radius 1 is 1.04 bits per heavy atom. The van der Waals surface area contributed by atoms with Crippen LogP contribution in [0.4, 0.5) is 4.39 Å². The molecule has 0 atom stereocenters. The first-order valence-electron chi connectivity index (χ1n) is 8.10. The monoisotopic (exact) mass is 321 g/mol. The Morgan fingerprint density at radius 3 is 2.67 bits per heavy atom. The number of fused-ring (bicyclic) bond motifs is 2. The summed E-state index contributed by atoms with van der Waals surface area (Å²) in [5.74, 6) is 0.180. The Hall–Kier alpha value is -2.76. The molecule has 0 radical (unpaired) electrons. The summed E-state index contributed by atoms with van der Waals surface area (Å²) in [5.41, 5.74) is 5.58. The fourth-order valence-electron chi connectivity index (χ4n) is 3.18. The molecule has 120 valence electrons. The standard InChI is InChI=1S/C18H16FN5/c1-10-5-15(22-24-7-11(2)20-17(10)24)13-6-14(19)18-21-16(12-3-4-12)9-23(18)8-13/h5-9,12H,3-4H2,1-2H3. The average molecular weight is 321 g/mol. The third kappa shape index (κ3) is 2.02. The van der Waals surface area contributed by atoms with Crippen molar-refractivity contribution in [2.75, 3.05) is 0 Å². The van der Waals surface area contributed by atoms with E-state index in [1.807, 2.05) is 38.5 Å². The summed E-state index contributed by atoms with van der Waals surface area (Å²) in [6.45, 7) is 3.93. The van der Waals surface area contributed by atoms with Gasteiger partial charge in [0, 0.05) is 23.9 Å². The van der Waals surface area contributed by atoms with Crippen LogP contribution in [-0.4, -0.2) is 24.0 Å². The summed E-state index contributed by atoms with van der Waals surface area (Å²) in [7, 11) is 0. The van der Waals surface area contributed by atoms with Crippen LogP contribution in [0.5, 0.6) is 0 Å². The topological polar surface area (TPSA) is 47.5 Å². The minimum atomic E-state index is -0.319. The van der Waals surface area contributed by atoms with Crippen molar-refractivity contribution in [2.45, 2.75) is 32.6 Å². The van der Waals surface area contributed by atoms with Gasteiger partial charge in [0.1, 0.15) is 0 Å². The van der Waals surface area contributed by atoms with E-state index in [-0.39, 0.29) is 5.82 Å². The van der Waals surface area contributed by atoms with Crippen molar-refractivity contribution in [3.05, 3.63) is 53.5 Å².